The second kappa shape index (κ2) is 4.00. The fourth-order valence-electron chi connectivity index (χ4n) is 2.11. The van der Waals surface area contributed by atoms with Gasteiger partial charge in [-0.05, 0) is 46.0 Å². The number of rotatable bonds is 2. The van der Waals surface area contributed by atoms with E-state index in [-0.39, 0.29) is 5.54 Å². The summed E-state index contributed by atoms with van der Waals surface area (Å²) in [5, 5.41) is 4.82. The zero-order valence-corrected chi connectivity index (χ0v) is 10.9. The minimum atomic E-state index is 0.188. The maximum atomic E-state index is 4.87. The molecule has 0 spiro atoms. The molecule has 86 valence electrons. The van der Waals surface area contributed by atoms with Crippen molar-refractivity contribution < 1.29 is 0 Å². The van der Waals surface area contributed by atoms with Crippen molar-refractivity contribution in [2.45, 2.75) is 64.0 Å². The highest BCUT2D eigenvalue weighted by atomic mass is 32.2. The van der Waals surface area contributed by atoms with Crippen molar-refractivity contribution in [2.24, 2.45) is 4.99 Å². The van der Waals surface area contributed by atoms with Crippen LogP contribution >= 0.6 is 11.8 Å². The molecule has 3 heteroatoms. The molecule has 1 N–H and O–H groups in total. The molecular formula is C12H22N2S. The van der Waals surface area contributed by atoms with Crippen LogP contribution in [0.3, 0.4) is 0 Å². The molecule has 2 nitrogen and oxygen atoms in total. The van der Waals surface area contributed by atoms with Gasteiger partial charge in [0.05, 0.1) is 5.54 Å². The van der Waals surface area contributed by atoms with Crippen LogP contribution in [0.4, 0.5) is 0 Å². The van der Waals surface area contributed by atoms with Gasteiger partial charge >= 0.3 is 0 Å². The van der Waals surface area contributed by atoms with Gasteiger partial charge in [-0.3, -0.25) is 4.99 Å². The Kier molecular flexibility index (Phi) is 3.02. The first kappa shape index (κ1) is 11.3. The normalized spacial score (nSPS) is 34.2. The van der Waals surface area contributed by atoms with Crippen molar-refractivity contribution in [3.8, 4) is 0 Å². The van der Waals surface area contributed by atoms with Crippen molar-refractivity contribution in [3.63, 3.8) is 0 Å². The molecule has 2 rings (SSSR count). The van der Waals surface area contributed by atoms with Gasteiger partial charge in [0.1, 0.15) is 0 Å². The third kappa shape index (κ3) is 2.49. The third-order valence-electron chi connectivity index (χ3n) is 3.88. The van der Waals surface area contributed by atoms with E-state index in [0.29, 0.717) is 5.54 Å². The van der Waals surface area contributed by atoms with Gasteiger partial charge in [0.15, 0.2) is 5.17 Å². The molecule has 0 saturated heterocycles. The summed E-state index contributed by atoms with van der Waals surface area (Å²) >= 11 is 1.90. The summed E-state index contributed by atoms with van der Waals surface area (Å²) in [4.78, 5) is 4.87. The van der Waals surface area contributed by atoms with E-state index in [1.807, 2.05) is 11.8 Å². The van der Waals surface area contributed by atoms with Crippen LogP contribution in [0.5, 0.6) is 0 Å². The molecule has 0 aromatic heterocycles. The molecule has 1 atom stereocenters. The number of hydrogen-bond donors (Lipinski definition) is 1. The Hall–Kier alpha value is -0.180. The lowest BCUT2D eigenvalue weighted by Gasteiger charge is -2.41. The van der Waals surface area contributed by atoms with E-state index in [0.717, 1.165) is 6.42 Å². The lowest BCUT2D eigenvalue weighted by Crippen LogP contribution is -2.51. The Bertz CT molecular complexity index is 271. The number of thioether (sulfide) groups is 1. The van der Waals surface area contributed by atoms with Crippen molar-refractivity contribution in [1.82, 2.24) is 5.32 Å². The maximum Gasteiger partial charge on any atom is 0.157 e. The lowest BCUT2D eigenvalue weighted by molar-refractivity contribution is 0.244. The molecule has 0 bridgehead atoms. The topological polar surface area (TPSA) is 24.4 Å². The summed E-state index contributed by atoms with van der Waals surface area (Å²) < 4.78 is 0. The standard InChI is InChI=1S/C12H22N2S/c1-4-11(2)8-9-15-10(13-11)14-12(3)6-5-7-12/h4-9H2,1-3H3,(H,13,14). The first-order chi connectivity index (χ1) is 7.05. The van der Waals surface area contributed by atoms with Crippen molar-refractivity contribution in [3.05, 3.63) is 0 Å². The van der Waals surface area contributed by atoms with E-state index in [2.05, 4.69) is 26.1 Å². The highest BCUT2D eigenvalue weighted by Crippen LogP contribution is 2.34. The Labute approximate surface area is 97.3 Å². The first-order valence-electron chi connectivity index (χ1n) is 6.06. The van der Waals surface area contributed by atoms with Gasteiger partial charge in [0.25, 0.3) is 0 Å². The molecule has 1 aliphatic carbocycles. The zero-order chi connectivity index (χ0) is 10.9. The number of nitrogens with one attached hydrogen (secondary N) is 1. The number of hydrogen-bond acceptors (Lipinski definition) is 3. The van der Waals surface area contributed by atoms with E-state index in [9.17, 15) is 0 Å². The van der Waals surface area contributed by atoms with Gasteiger partial charge in [0, 0.05) is 11.3 Å². The van der Waals surface area contributed by atoms with Crippen LogP contribution in [-0.4, -0.2) is 22.0 Å². The third-order valence-corrected chi connectivity index (χ3v) is 4.75. The summed E-state index contributed by atoms with van der Waals surface area (Å²) in [7, 11) is 0. The monoisotopic (exact) mass is 226 g/mol. The molecule has 0 radical (unpaired) electrons. The highest BCUT2D eigenvalue weighted by molar-refractivity contribution is 8.13. The van der Waals surface area contributed by atoms with E-state index in [1.54, 1.807) is 0 Å². The van der Waals surface area contributed by atoms with Crippen LogP contribution in [-0.2, 0) is 0 Å². The average molecular weight is 226 g/mol. The summed E-state index contributed by atoms with van der Waals surface area (Å²) in [5.41, 5.74) is 0.533. The van der Waals surface area contributed by atoms with Crippen LogP contribution < -0.4 is 5.32 Å². The van der Waals surface area contributed by atoms with Crippen molar-refractivity contribution >= 4 is 16.9 Å². The van der Waals surface area contributed by atoms with Gasteiger partial charge in [-0.15, -0.1) is 0 Å². The van der Waals surface area contributed by atoms with Crippen LogP contribution in [0.25, 0.3) is 0 Å². The number of amidine groups is 1. The molecule has 1 aliphatic heterocycles. The molecule has 15 heavy (non-hydrogen) atoms. The van der Waals surface area contributed by atoms with Crippen LogP contribution in [0.1, 0.15) is 52.9 Å². The quantitative estimate of drug-likeness (QED) is 0.782. The molecule has 1 fully saturated rings. The predicted molar refractivity (Wildman–Crippen MR) is 68.6 cm³/mol. The van der Waals surface area contributed by atoms with Crippen molar-refractivity contribution in [2.75, 3.05) is 5.75 Å². The number of nitrogens with zero attached hydrogens (tertiary/aromatic N) is 1. The lowest BCUT2D eigenvalue weighted by atomic mass is 9.79. The van der Waals surface area contributed by atoms with Crippen LogP contribution in [0.2, 0.25) is 0 Å². The van der Waals surface area contributed by atoms with Crippen molar-refractivity contribution in [1.29, 1.82) is 0 Å². The smallest absolute Gasteiger partial charge is 0.157 e. The second-order valence-electron chi connectivity index (χ2n) is 5.41. The Balaban J connectivity index is 2.02. The summed E-state index contributed by atoms with van der Waals surface area (Å²) in [5.74, 6) is 1.21. The summed E-state index contributed by atoms with van der Waals surface area (Å²) in [6.45, 7) is 6.83. The molecule has 1 unspecified atom stereocenters. The summed E-state index contributed by atoms with van der Waals surface area (Å²) in [6.07, 6.45) is 6.34. The predicted octanol–water partition coefficient (Wildman–Crippen LogP) is 3.18. The Morgan fingerprint density at radius 2 is 2.07 bits per heavy atom. The molecule has 1 heterocycles. The van der Waals surface area contributed by atoms with Gasteiger partial charge in [-0.25, -0.2) is 0 Å². The largest absolute Gasteiger partial charge is 0.360 e. The number of aliphatic imine (C=N–C) groups is 1. The van der Waals surface area contributed by atoms with E-state index in [4.69, 9.17) is 4.99 Å². The minimum Gasteiger partial charge on any atom is -0.360 e. The van der Waals surface area contributed by atoms with Gasteiger partial charge in [-0.1, -0.05) is 18.7 Å². The molecule has 0 amide bonds. The fraction of sp³-hybridized carbons (Fsp3) is 0.917. The average Bonchev–Trinajstić information content (AvgIpc) is 2.16. The van der Waals surface area contributed by atoms with Crippen LogP contribution in [0.15, 0.2) is 4.99 Å². The van der Waals surface area contributed by atoms with E-state index >= 15 is 0 Å². The first-order valence-corrected chi connectivity index (χ1v) is 7.05. The molecular weight excluding hydrogens is 204 g/mol. The van der Waals surface area contributed by atoms with E-state index < -0.39 is 0 Å². The van der Waals surface area contributed by atoms with E-state index in [1.165, 1.54) is 36.6 Å². The second-order valence-corrected chi connectivity index (χ2v) is 6.49. The van der Waals surface area contributed by atoms with Crippen LogP contribution in [0, 0.1) is 0 Å². The molecule has 0 aromatic rings. The van der Waals surface area contributed by atoms with Gasteiger partial charge in [-0.2, -0.15) is 0 Å². The molecule has 0 aromatic carbocycles. The SMILES string of the molecule is CCC1(C)CCSC(NC2(C)CCC2)=N1. The molecule has 2 aliphatic rings. The highest BCUT2D eigenvalue weighted by Gasteiger charge is 2.34. The summed E-state index contributed by atoms with van der Waals surface area (Å²) in [6, 6.07) is 0. The minimum absolute atomic E-state index is 0.188. The van der Waals surface area contributed by atoms with Gasteiger partial charge in [0.2, 0.25) is 0 Å². The Morgan fingerprint density at radius 1 is 1.33 bits per heavy atom. The zero-order valence-electron chi connectivity index (χ0n) is 10.1. The maximum absolute atomic E-state index is 4.87. The molecule has 1 saturated carbocycles. The fourth-order valence-corrected chi connectivity index (χ4v) is 3.45. The van der Waals surface area contributed by atoms with Gasteiger partial charge < -0.3 is 5.32 Å². The Morgan fingerprint density at radius 3 is 2.60 bits per heavy atom.